The predicted octanol–water partition coefficient (Wildman–Crippen LogP) is 2.72. The highest BCUT2D eigenvalue weighted by atomic mass is 15.3. The Morgan fingerprint density at radius 3 is 2.67 bits per heavy atom. The highest BCUT2D eigenvalue weighted by molar-refractivity contribution is 5.77. The van der Waals surface area contributed by atoms with Gasteiger partial charge in [0.25, 0.3) is 0 Å². The Labute approximate surface area is 105 Å². The third kappa shape index (κ3) is 1.66. The zero-order valence-electron chi connectivity index (χ0n) is 10.7. The van der Waals surface area contributed by atoms with Crippen LogP contribution in [-0.4, -0.2) is 19.6 Å². The van der Waals surface area contributed by atoms with Gasteiger partial charge < -0.3 is 0 Å². The van der Waals surface area contributed by atoms with E-state index in [1.165, 1.54) is 5.56 Å². The van der Waals surface area contributed by atoms with E-state index in [1.54, 1.807) is 4.52 Å². The van der Waals surface area contributed by atoms with E-state index in [9.17, 15) is 0 Å². The molecule has 0 N–H and O–H groups in total. The summed E-state index contributed by atoms with van der Waals surface area (Å²) >= 11 is 0. The van der Waals surface area contributed by atoms with Gasteiger partial charge in [0.15, 0.2) is 5.65 Å². The van der Waals surface area contributed by atoms with Gasteiger partial charge >= 0.3 is 0 Å². The van der Waals surface area contributed by atoms with Crippen molar-refractivity contribution in [3.8, 4) is 11.1 Å². The fourth-order valence-electron chi connectivity index (χ4n) is 2.16. The molecule has 0 unspecified atom stereocenters. The van der Waals surface area contributed by atoms with Crippen molar-refractivity contribution in [1.29, 1.82) is 0 Å². The monoisotopic (exact) mass is 238 g/mol. The summed E-state index contributed by atoms with van der Waals surface area (Å²) in [6.45, 7) is 5.93. The van der Waals surface area contributed by atoms with Gasteiger partial charge in [0, 0.05) is 5.56 Å². The molecule has 1 aromatic carbocycles. The lowest BCUT2D eigenvalue weighted by Crippen LogP contribution is -2.01. The molecule has 0 saturated carbocycles. The number of aryl methyl sites for hydroxylation is 3. The molecule has 0 aliphatic rings. The second-order valence-electron chi connectivity index (χ2n) is 4.48. The number of hydrogen-bond donors (Lipinski definition) is 0. The molecule has 0 atom stereocenters. The van der Waals surface area contributed by atoms with Crippen molar-refractivity contribution in [2.24, 2.45) is 0 Å². The standard InChI is InChI=1S/C14H14N4/c1-9-5-4-6-12(7-9)13-8-15-18-11(3)16-10(2)17-14(13)18/h4-8H,1-3H3. The summed E-state index contributed by atoms with van der Waals surface area (Å²) in [5.41, 5.74) is 4.29. The molecule has 0 amide bonds. The maximum Gasteiger partial charge on any atom is 0.166 e. The van der Waals surface area contributed by atoms with E-state index in [2.05, 4.69) is 46.3 Å². The third-order valence-corrected chi connectivity index (χ3v) is 2.97. The molecule has 3 rings (SSSR count). The third-order valence-electron chi connectivity index (χ3n) is 2.97. The van der Waals surface area contributed by atoms with Gasteiger partial charge in [-0.05, 0) is 26.3 Å². The fourth-order valence-corrected chi connectivity index (χ4v) is 2.16. The quantitative estimate of drug-likeness (QED) is 0.654. The van der Waals surface area contributed by atoms with Crippen molar-refractivity contribution in [1.82, 2.24) is 19.6 Å². The summed E-state index contributed by atoms with van der Waals surface area (Å²) in [6.07, 6.45) is 1.85. The number of benzene rings is 1. The first-order valence-corrected chi connectivity index (χ1v) is 5.91. The number of fused-ring (bicyclic) bond motifs is 1. The molecule has 0 saturated heterocycles. The lowest BCUT2D eigenvalue weighted by molar-refractivity contribution is 0.818. The van der Waals surface area contributed by atoms with Crippen LogP contribution < -0.4 is 0 Å². The summed E-state index contributed by atoms with van der Waals surface area (Å²) in [6, 6.07) is 8.36. The van der Waals surface area contributed by atoms with E-state index in [0.717, 1.165) is 28.4 Å². The van der Waals surface area contributed by atoms with Crippen LogP contribution in [0.1, 0.15) is 17.2 Å². The Balaban J connectivity index is 2.30. The van der Waals surface area contributed by atoms with Crippen molar-refractivity contribution >= 4 is 5.65 Å². The average Bonchev–Trinajstić information content (AvgIpc) is 2.72. The molecular formula is C14H14N4. The Morgan fingerprint density at radius 2 is 1.89 bits per heavy atom. The molecule has 18 heavy (non-hydrogen) atoms. The van der Waals surface area contributed by atoms with E-state index >= 15 is 0 Å². The number of aromatic nitrogens is 4. The summed E-state index contributed by atoms with van der Waals surface area (Å²) in [7, 11) is 0. The van der Waals surface area contributed by atoms with Crippen molar-refractivity contribution in [2.75, 3.05) is 0 Å². The fraction of sp³-hybridized carbons (Fsp3) is 0.214. The summed E-state index contributed by atoms with van der Waals surface area (Å²) in [5.74, 6) is 1.63. The van der Waals surface area contributed by atoms with Crippen molar-refractivity contribution in [3.63, 3.8) is 0 Å². The molecule has 90 valence electrons. The van der Waals surface area contributed by atoms with Crippen LogP contribution in [0.2, 0.25) is 0 Å². The van der Waals surface area contributed by atoms with Crippen LogP contribution in [0.4, 0.5) is 0 Å². The molecule has 4 heteroatoms. The first-order valence-electron chi connectivity index (χ1n) is 5.91. The molecule has 0 spiro atoms. The molecule has 0 radical (unpaired) electrons. The van der Waals surface area contributed by atoms with Crippen molar-refractivity contribution < 1.29 is 0 Å². The zero-order chi connectivity index (χ0) is 12.7. The molecule has 0 bridgehead atoms. The number of rotatable bonds is 1. The molecule has 0 aliphatic heterocycles. The Hall–Kier alpha value is -2.23. The van der Waals surface area contributed by atoms with Crippen LogP contribution in [0, 0.1) is 20.8 Å². The highest BCUT2D eigenvalue weighted by Crippen LogP contribution is 2.24. The van der Waals surface area contributed by atoms with Gasteiger partial charge in [0.05, 0.1) is 6.20 Å². The summed E-state index contributed by atoms with van der Waals surface area (Å²) in [4.78, 5) is 8.81. The van der Waals surface area contributed by atoms with E-state index in [1.807, 2.05) is 20.0 Å². The lowest BCUT2D eigenvalue weighted by Gasteiger charge is -2.02. The molecule has 0 fully saturated rings. The van der Waals surface area contributed by atoms with Gasteiger partial charge in [-0.3, -0.25) is 0 Å². The van der Waals surface area contributed by atoms with Gasteiger partial charge in [0.2, 0.25) is 0 Å². The molecule has 3 aromatic rings. The molecule has 2 aromatic heterocycles. The van der Waals surface area contributed by atoms with Crippen molar-refractivity contribution in [2.45, 2.75) is 20.8 Å². The predicted molar refractivity (Wildman–Crippen MR) is 70.4 cm³/mol. The normalized spacial score (nSPS) is 11.1. The maximum absolute atomic E-state index is 4.49. The SMILES string of the molecule is Cc1cccc(-c2cnn3c(C)nc(C)nc23)c1. The van der Waals surface area contributed by atoms with Gasteiger partial charge in [0.1, 0.15) is 11.6 Å². The first kappa shape index (κ1) is 10.9. The summed E-state index contributed by atoms with van der Waals surface area (Å²) in [5, 5.41) is 4.36. The van der Waals surface area contributed by atoms with Crippen LogP contribution >= 0.6 is 0 Å². The lowest BCUT2D eigenvalue weighted by atomic mass is 10.1. The Kier molecular flexibility index (Phi) is 2.37. The van der Waals surface area contributed by atoms with Crippen LogP contribution in [0.3, 0.4) is 0 Å². The van der Waals surface area contributed by atoms with Crippen LogP contribution in [0.25, 0.3) is 16.8 Å². The average molecular weight is 238 g/mol. The van der Waals surface area contributed by atoms with Gasteiger partial charge in [-0.15, -0.1) is 0 Å². The Bertz CT molecular complexity index is 728. The smallest absolute Gasteiger partial charge is 0.166 e. The number of nitrogens with zero attached hydrogens (tertiary/aromatic N) is 4. The van der Waals surface area contributed by atoms with Gasteiger partial charge in [-0.1, -0.05) is 29.8 Å². The molecule has 0 aliphatic carbocycles. The minimum Gasteiger partial charge on any atom is -0.219 e. The Morgan fingerprint density at radius 1 is 1.06 bits per heavy atom. The molecule has 4 nitrogen and oxygen atoms in total. The minimum absolute atomic E-state index is 0.773. The van der Waals surface area contributed by atoms with Crippen molar-refractivity contribution in [3.05, 3.63) is 47.7 Å². The number of hydrogen-bond acceptors (Lipinski definition) is 3. The molecule has 2 heterocycles. The largest absolute Gasteiger partial charge is 0.219 e. The minimum atomic E-state index is 0.773. The zero-order valence-corrected chi connectivity index (χ0v) is 10.7. The topological polar surface area (TPSA) is 43.1 Å². The molecular weight excluding hydrogens is 224 g/mol. The van der Waals surface area contributed by atoms with E-state index in [4.69, 9.17) is 0 Å². The van der Waals surface area contributed by atoms with E-state index in [-0.39, 0.29) is 0 Å². The van der Waals surface area contributed by atoms with Crippen LogP contribution in [-0.2, 0) is 0 Å². The first-order chi connectivity index (χ1) is 8.65. The second-order valence-corrected chi connectivity index (χ2v) is 4.48. The van der Waals surface area contributed by atoms with Crippen LogP contribution in [0.5, 0.6) is 0 Å². The highest BCUT2D eigenvalue weighted by Gasteiger charge is 2.10. The maximum atomic E-state index is 4.49. The van der Waals surface area contributed by atoms with Crippen LogP contribution in [0.15, 0.2) is 30.5 Å². The second kappa shape index (κ2) is 3.91. The van der Waals surface area contributed by atoms with E-state index in [0.29, 0.717) is 0 Å². The van der Waals surface area contributed by atoms with Gasteiger partial charge in [-0.25, -0.2) is 14.5 Å². The summed E-state index contributed by atoms with van der Waals surface area (Å²) < 4.78 is 1.78. The van der Waals surface area contributed by atoms with Gasteiger partial charge in [-0.2, -0.15) is 5.10 Å². The van der Waals surface area contributed by atoms with E-state index < -0.39 is 0 Å².